The van der Waals surface area contributed by atoms with E-state index < -0.39 is 18.0 Å². The van der Waals surface area contributed by atoms with Crippen molar-refractivity contribution in [3.05, 3.63) is 41.7 Å². The number of ether oxygens (including phenoxy) is 2. The lowest BCUT2D eigenvalue weighted by atomic mass is 10.1. The molecule has 0 saturated carbocycles. The third-order valence-electron chi connectivity index (χ3n) is 3.16. The summed E-state index contributed by atoms with van der Waals surface area (Å²) >= 11 is 0. The Labute approximate surface area is 136 Å². The molecule has 1 aromatic heterocycles. The van der Waals surface area contributed by atoms with Crippen molar-refractivity contribution in [1.82, 2.24) is 9.97 Å². The Morgan fingerprint density at radius 2 is 1.79 bits per heavy atom. The van der Waals surface area contributed by atoms with Crippen LogP contribution in [0.4, 0.5) is 19.1 Å². The van der Waals surface area contributed by atoms with Crippen LogP contribution in [0.25, 0.3) is 0 Å². The minimum Gasteiger partial charge on any atom is -0.497 e. The summed E-state index contributed by atoms with van der Waals surface area (Å²) in [4.78, 5) is 7.07. The van der Waals surface area contributed by atoms with Crippen molar-refractivity contribution in [1.29, 1.82) is 0 Å². The van der Waals surface area contributed by atoms with Crippen molar-refractivity contribution in [3.63, 3.8) is 0 Å². The third-order valence-corrected chi connectivity index (χ3v) is 3.16. The summed E-state index contributed by atoms with van der Waals surface area (Å²) in [6.07, 6.45) is -4.58. The van der Waals surface area contributed by atoms with Gasteiger partial charge in [-0.15, -0.1) is 0 Å². The number of nitrogens with zero attached hydrogens (tertiary/aromatic N) is 2. The van der Waals surface area contributed by atoms with Gasteiger partial charge in [0.05, 0.1) is 20.3 Å². The molecule has 1 aromatic carbocycles. The molecule has 0 fully saturated rings. The van der Waals surface area contributed by atoms with Crippen LogP contribution in [0.1, 0.15) is 17.4 Å². The number of rotatable bonds is 6. The highest BCUT2D eigenvalue weighted by molar-refractivity contribution is 5.40. The van der Waals surface area contributed by atoms with Crippen molar-refractivity contribution < 1.29 is 27.8 Å². The van der Waals surface area contributed by atoms with Gasteiger partial charge in [-0.1, -0.05) is 0 Å². The Balaban J connectivity index is 2.09. The maximum absolute atomic E-state index is 12.6. The molecule has 130 valence electrons. The zero-order valence-corrected chi connectivity index (χ0v) is 13.0. The van der Waals surface area contributed by atoms with Crippen molar-refractivity contribution in [3.8, 4) is 11.5 Å². The van der Waals surface area contributed by atoms with Crippen molar-refractivity contribution in [2.24, 2.45) is 0 Å². The van der Waals surface area contributed by atoms with E-state index in [1.807, 2.05) is 0 Å². The lowest BCUT2D eigenvalue weighted by Crippen LogP contribution is -2.16. The molecule has 0 bridgehead atoms. The number of halogens is 3. The highest BCUT2D eigenvalue weighted by Crippen LogP contribution is 2.28. The number of hydrogen-bond acceptors (Lipinski definition) is 6. The molecule has 0 aliphatic heterocycles. The molecule has 2 rings (SSSR count). The Morgan fingerprint density at radius 3 is 2.33 bits per heavy atom. The van der Waals surface area contributed by atoms with Gasteiger partial charge < -0.3 is 19.9 Å². The number of aliphatic hydroxyl groups is 1. The highest BCUT2D eigenvalue weighted by Gasteiger charge is 2.32. The average molecular weight is 343 g/mol. The predicted octanol–water partition coefficient (Wildman–Crippen LogP) is 2.66. The molecule has 0 amide bonds. The maximum atomic E-state index is 12.6. The number of methoxy groups -OCH3 is 2. The number of anilines is 1. The van der Waals surface area contributed by atoms with E-state index in [1.54, 1.807) is 18.2 Å². The molecule has 0 aliphatic carbocycles. The van der Waals surface area contributed by atoms with Gasteiger partial charge in [-0.2, -0.15) is 13.2 Å². The third kappa shape index (κ3) is 4.48. The second-order valence-corrected chi connectivity index (χ2v) is 4.81. The highest BCUT2D eigenvalue weighted by atomic mass is 19.4. The molecule has 2 aromatic rings. The number of alkyl halides is 3. The predicted molar refractivity (Wildman–Crippen MR) is 80.0 cm³/mol. The Bertz CT molecular complexity index is 673. The smallest absolute Gasteiger partial charge is 0.433 e. The summed E-state index contributed by atoms with van der Waals surface area (Å²) in [5.41, 5.74) is -0.580. The van der Waals surface area contributed by atoms with E-state index in [1.165, 1.54) is 14.2 Å². The Morgan fingerprint density at radius 1 is 1.17 bits per heavy atom. The summed E-state index contributed by atoms with van der Waals surface area (Å²) in [5, 5.41) is 12.8. The van der Waals surface area contributed by atoms with Crippen LogP contribution in [-0.2, 0) is 6.18 Å². The second-order valence-electron chi connectivity index (χ2n) is 4.81. The molecule has 1 atom stereocenters. The molecular weight excluding hydrogens is 327 g/mol. The number of nitrogens with one attached hydrogen (secondary N) is 1. The van der Waals surface area contributed by atoms with Crippen molar-refractivity contribution in [2.75, 3.05) is 26.1 Å². The van der Waals surface area contributed by atoms with Crippen LogP contribution >= 0.6 is 0 Å². The molecule has 1 heterocycles. The lowest BCUT2D eigenvalue weighted by molar-refractivity contribution is -0.141. The standard InChI is InChI=1S/C15H16F3N3O3/c1-23-10-5-9(6-11(7-10)24-2)12(22)8-20-14-19-4-3-13(21-14)15(16,17)18/h3-7,12,22H,8H2,1-2H3,(H,19,20,21). The van der Waals surface area contributed by atoms with Crippen LogP contribution in [0.3, 0.4) is 0 Å². The fourth-order valence-electron chi connectivity index (χ4n) is 1.93. The Kier molecular flexibility index (Phi) is 5.45. The molecule has 9 heteroatoms. The average Bonchev–Trinajstić information content (AvgIpc) is 2.58. The van der Waals surface area contributed by atoms with Gasteiger partial charge in [0.25, 0.3) is 0 Å². The minimum absolute atomic E-state index is 0.0857. The van der Waals surface area contributed by atoms with Crippen molar-refractivity contribution in [2.45, 2.75) is 12.3 Å². The fourth-order valence-corrected chi connectivity index (χ4v) is 1.93. The zero-order chi connectivity index (χ0) is 17.7. The molecule has 0 spiro atoms. The van der Waals surface area contributed by atoms with Crippen molar-refractivity contribution >= 4 is 5.95 Å². The van der Waals surface area contributed by atoms with Crippen LogP contribution in [0, 0.1) is 0 Å². The fraction of sp³-hybridized carbons (Fsp3) is 0.333. The summed E-state index contributed by atoms with van der Waals surface area (Å²) in [7, 11) is 2.94. The maximum Gasteiger partial charge on any atom is 0.433 e. The van der Waals surface area contributed by atoms with E-state index in [-0.39, 0.29) is 12.5 Å². The van der Waals surface area contributed by atoms with E-state index in [4.69, 9.17) is 9.47 Å². The van der Waals surface area contributed by atoms with Gasteiger partial charge >= 0.3 is 6.18 Å². The molecule has 1 unspecified atom stereocenters. The quantitative estimate of drug-likeness (QED) is 0.840. The first-order valence-electron chi connectivity index (χ1n) is 6.88. The summed E-state index contributed by atoms with van der Waals surface area (Å²) in [5.74, 6) is 0.746. The molecular formula is C15H16F3N3O3. The van der Waals surface area contributed by atoms with E-state index in [9.17, 15) is 18.3 Å². The molecule has 0 radical (unpaired) electrons. The van der Waals surface area contributed by atoms with Crippen LogP contribution in [-0.4, -0.2) is 35.8 Å². The second kappa shape index (κ2) is 7.35. The van der Waals surface area contributed by atoms with Crippen LogP contribution in [0.5, 0.6) is 11.5 Å². The molecule has 6 nitrogen and oxygen atoms in total. The minimum atomic E-state index is -4.56. The van der Waals surface area contributed by atoms with Gasteiger partial charge in [0.15, 0.2) is 0 Å². The van der Waals surface area contributed by atoms with Crippen LogP contribution in [0.2, 0.25) is 0 Å². The van der Waals surface area contributed by atoms with E-state index in [0.717, 1.165) is 12.3 Å². The van der Waals surface area contributed by atoms with Crippen LogP contribution < -0.4 is 14.8 Å². The van der Waals surface area contributed by atoms with Gasteiger partial charge in [0, 0.05) is 18.8 Å². The van der Waals surface area contributed by atoms with Crippen LogP contribution in [0.15, 0.2) is 30.5 Å². The van der Waals surface area contributed by atoms with Gasteiger partial charge in [-0.3, -0.25) is 0 Å². The van der Waals surface area contributed by atoms with Gasteiger partial charge in [-0.25, -0.2) is 9.97 Å². The zero-order valence-electron chi connectivity index (χ0n) is 13.0. The monoisotopic (exact) mass is 343 g/mol. The topological polar surface area (TPSA) is 76.5 Å². The first-order valence-corrected chi connectivity index (χ1v) is 6.88. The van der Waals surface area contributed by atoms with E-state index in [2.05, 4.69) is 15.3 Å². The lowest BCUT2D eigenvalue weighted by Gasteiger charge is -2.15. The van der Waals surface area contributed by atoms with Gasteiger partial charge in [-0.05, 0) is 23.8 Å². The number of benzene rings is 1. The Hall–Kier alpha value is -2.55. The van der Waals surface area contributed by atoms with Gasteiger partial charge in [0.1, 0.15) is 17.2 Å². The first kappa shape index (κ1) is 17.8. The number of hydrogen-bond donors (Lipinski definition) is 2. The molecule has 2 N–H and O–H groups in total. The number of aromatic nitrogens is 2. The molecule has 24 heavy (non-hydrogen) atoms. The summed E-state index contributed by atoms with van der Waals surface area (Å²) in [6, 6.07) is 5.61. The normalized spacial score (nSPS) is 12.6. The first-order chi connectivity index (χ1) is 11.3. The number of aliphatic hydroxyl groups excluding tert-OH is 1. The van der Waals surface area contributed by atoms with Gasteiger partial charge in [0.2, 0.25) is 5.95 Å². The largest absolute Gasteiger partial charge is 0.497 e. The SMILES string of the molecule is COc1cc(OC)cc(C(O)CNc2nccc(C(F)(F)F)n2)c1. The summed E-state index contributed by atoms with van der Waals surface area (Å²) < 4.78 is 48.0. The molecule has 0 aliphatic rings. The van der Waals surface area contributed by atoms with E-state index in [0.29, 0.717) is 17.1 Å². The summed E-state index contributed by atoms with van der Waals surface area (Å²) in [6.45, 7) is -0.0857. The molecule has 0 saturated heterocycles. The van der Waals surface area contributed by atoms with E-state index >= 15 is 0 Å².